The average molecular weight is 236 g/mol. The number of carbonyl (C=O) groups is 1. The Morgan fingerprint density at radius 2 is 2.06 bits per heavy atom. The summed E-state index contributed by atoms with van der Waals surface area (Å²) < 4.78 is 38.7. The number of hydrogen-bond acceptors (Lipinski definition) is 2. The molecule has 0 unspecified atom stereocenters. The average Bonchev–Trinajstić information content (AvgIpc) is 2.40. The smallest absolute Gasteiger partial charge is 0.435 e. The number of carboxylic acid groups (broad SMARTS) is 1. The number of aryl methyl sites for hydroxylation is 1. The van der Waals surface area contributed by atoms with Gasteiger partial charge >= 0.3 is 12.1 Å². The van der Waals surface area contributed by atoms with E-state index in [4.69, 9.17) is 5.11 Å². The maximum atomic E-state index is 12.5. The van der Waals surface area contributed by atoms with Gasteiger partial charge in [-0.3, -0.25) is 9.48 Å². The summed E-state index contributed by atoms with van der Waals surface area (Å²) in [5, 5.41) is 11.8. The molecule has 0 aliphatic heterocycles. The Balaban J connectivity index is 3.09. The van der Waals surface area contributed by atoms with Crippen LogP contribution in [-0.2, 0) is 24.4 Å². The molecule has 0 aliphatic carbocycles. The normalized spacial score (nSPS) is 11.8. The predicted octanol–water partition coefficient (Wildman–Crippen LogP) is 1.76. The maximum absolute atomic E-state index is 12.5. The van der Waals surface area contributed by atoms with Crippen molar-refractivity contribution < 1.29 is 23.1 Å². The van der Waals surface area contributed by atoms with Gasteiger partial charge in [0.2, 0.25) is 0 Å². The van der Waals surface area contributed by atoms with Gasteiger partial charge < -0.3 is 5.11 Å². The van der Waals surface area contributed by atoms with E-state index < -0.39 is 17.8 Å². The van der Waals surface area contributed by atoms with Gasteiger partial charge in [-0.05, 0) is 13.3 Å². The van der Waals surface area contributed by atoms with Gasteiger partial charge in [0.05, 0.1) is 0 Å². The molecule has 0 saturated heterocycles. The summed E-state index contributed by atoms with van der Waals surface area (Å²) in [6.07, 6.45) is -5.04. The van der Waals surface area contributed by atoms with Crippen molar-refractivity contribution in [2.45, 2.75) is 25.9 Å². The quantitative estimate of drug-likeness (QED) is 0.870. The number of carboxylic acids is 1. The largest absolute Gasteiger partial charge is 0.481 e. The lowest BCUT2D eigenvalue weighted by Crippen LogP contribution is -2.10. The first-order valence-electron chi connectivity index (χ1n) is 4.55. The standard InChI is InChI=1S/C9H11F3N2O2/c1-5-6(3-4-7(15)16)8(9(10,11)12)13-14(5)2/h3-4H2,1-2H3,(H,15,16). The molecule has 4 nitrogen and oxygen atoms in total. The summed E-state index contributed by atoms with van der Waals surface area (Å²) in [7, 11) is 1.40. The number of alkyl halides is 3. The zero-order valence-corrected chi connectivity index (χ0v) is 8.80. The molecule has 0 aromatic carbocycles. The van der Waals surface area contributed by atoms with Gasteiger partial charge in [0.1, 0.15) is 0 Å². The summed E-state index contributed by atoms with van der Waals surface area (Å²) in [5.74, 6) is -1.13. The highest BCUT2D eigenvalue weighted by Crippen LogP contribution is 2.32. The van der Waals surface area contributed by atoms with E-state index >= 15 is 0 Å². The number of hydrogen-bond donors (Lipinski definition) is 1. The molecule has 1 N–H and O–H groups in total. The van der Waals surface area contributed by atoms with Crippen LogP contribution < -0.4 is 0 Å². The van der Waals surface area contributed by atoms with Crippen LogP contribution in [0.25, 0.3) is 0 Å². The molecule has 0 aliphatic rings. The lowest BCUT2D eigenvalue weighted by Gasteiger charge is -2.05. The Morgan fingerprint density at radius 1 is 1.50 bits per heavy atom. The van der Waals surface area contributed by atoms with E-state index in [2.05, 4.69) is 5.10 Å². The molecule has 0 saturated carbocycles. The second-order valence-corrected chi connectivity index (χ2v) is 3.43. The summed E-state index contributed by atoms with van der Waals surface area (Å²) in [4.78, 5) is 10.3. The third kappa shape index (κ3) is 2.53. The Labute approximate surface area is 89.7 Å². The lowest BCUT2D eigenvalue weighted by atomic mass is 10.1. The van der Waals surface area contributed by atoms with E-state index in [9.17, 15) is 18.0 Å². The molecule has 1 aromatic heterocycles. The van der Waals surface area contributed by atoms with Crippen LogP contribution in [0, 0.1) is 6.92 Å². The van der Waals surface area contributed by atoms with E-state index in [1.165, 1.54) is 14.0 Å². The van der Waals surface area contributed by atoms with Crippen molar-refractivity contribution in [2.24, 2.45) is 7.05 Å². The van der Waals surface area contributed by atoms with Crippen LogP contribution in [0.1, 0.15) is 23.4 Å². The van der Waals surface area contributed by atoms with Crippen molar-refractivity contribution in [1.82, 2.24) is 9.78 Å². The van der Waals surface area contributed by atoms with Crippen LogP contribution in [0.5, 0.6) is 0 Å². The minimum absolute atomic E-state index is 0.0441. The van der Waals surface area contributed by atoms with Crippen LogP contribution >= 0.6 is 0 Å². The first kappa shape index (κ1) is 12.5. The molecular formula is C9H11F3N2O2. The Morgan fingerprint density at radius 3 is 2.50 bits per heavy atom. The van der Waals surface area contributed by atoms with Gasteiger partial charge in [-0.15, -0.1) is 0 Å². The number of nitrogens with zero attached hydrogens (tertiary/aromatic N) is 2. The molecule has 0 atom stereocenters. The van der Waals surface area contributed by atoms with Crippen molar-refractivity contribution in [1.29, 1.82) is 0 Å². The van der Waals surface area contributed by atoms with Crippen LogP contribution in [0.15, 0.2) is 0 Å². The summed E-state index contributed by atoms with van der Waals surface area (Å²) in [5.41, 5.74) is -0.695. The third-order valence-electron chi connectivity index (χ3n) is 2.32. The lowest BCUT2D eigenvalue weighted by molar-refractivity contribution is -0.143. The molecule has 0 radical (unpaired) electrons. The minimum atomic E-state index is -4.54. The van der Waals surface area contributed by atoms with E-state index in [0.717, 1.165) is 4.68 Å². The fourth-order valence-corrected chi connectivity index (χ4v) is 1.41. The highest BCUT2D eigenvalue weighted by Gasteiger charge is 2.37. The first-order chi connectivity index (χ1) is 7.23. The fourth-order valence-electron chi connectivity index (χ4n) is 1.41. The van der Waals surface area contributed by atoms with Crippen molar-refractivity contribution in [3.05, 3.63) is 17.0 Å². The van der Waals surface area contributed by atoms with Crippen molar-refractivity contribution in [3.63, 3.8) is 0 Å². The Hall–Kier alpha value is -1.53. The van der Waals surface area contributed by atoms with E-state index in [-0.39, 0.29) is 18.4 Å². The summed E-state index contributed by atoms with van der Waals surface area (Å²) in [6, 6.07) is 0. The Kier molecular flexibility index (Phi) is 3.25. The molecule has 0 bridgehead atoms. The van der Waals surface area contributed by atoms with Gasteiger partial charge in [0, 0.05) is 24.7 Å². The molecule has 1 heterocycles. The van der Waals surface area contributed by atoms with Crippen molar-refractivity contribution >= 4 is 5.97 Å². The van der Waals surface area contributed by atoms with Crippen LogP contribution in [0.4, 0.5) is 13.2 Å². The molecule has 90 valence electrons. The molecule has 1 rings (SSSR count). The minimum Gasteiger partial charge on any atom is -0.481 e. The van der Waals surface area contributed by atoms with Crippen molar-refractivity contribution in [2.75, 3.05) is 0 Å². The highest BCUT2D eigenvalue weighted by atomic mass is 19.4. The maximum Gasteiger partial charge on any atom is 0.435 e. The summed E-state index contributed by atoms with van der Waals surface area (Å²) in [6.45, 7) is 1.49. The highest BCUT2D eigenvalue weighted by molar-refractivity contribution is 5.67. The zero-order valence-electron chi connectivity index (χ0n) is 8.80. The van der Waals surface area contributed by atoms with Crippen molar-refractivity contribution in [3.8, 4) is 0 Å². The van der Waals surface area contributed by atoms with E-state index in [1.807, 2.05) is 0 Å². The van der Waals surface area contributed by atoms with Gasteiger partial charge in [-0.2, -0.15) is 18.3 Å². The SMILES string of the molecule is Cc1c(CCC(=O)O)c(C(F)(F)F)nn1C. The number of aromatic nitrogens is 2. The van der Waals surface area contributed by atoms with Gasteiger partial charge in [0.15, 0.2) is 5.69 Å². The second kappa shape index (κ2) is 4.15. The van der Waals surface area contributed by atoms with Crippen LogP contribution in [-0.4, -0.2) is 20.9 Å². The molecular weight excluding hydrogens is 225 g/mol. The second-order valence-electron chi connectivity index (χ2n) is 3.43. The van der Waals surface area contributed by atoms with Gasteiger partial charge in [-0.25, -0.2) is 0 Å². The molecule has 16 heavy (non-hydrogen) atoms. The number of rotatable bonds is 3. The van der Waals surface area contributed by atoms with Crippen LogP contribution in [0.2, 0.25) is 0 Å². The molecule has 7 heteroatoms. The number of halogens is 3. The molecule has 1 aromatic rings. The van der Waals surface area contributed by atoms with E-state index in [0.29, 0.717) is 5.69 Å². The van der Waals surface area contributed by atoms with E-state index in [1.54, 1.807) is 0 Å². The topological polar surface area (TPSA) is 55.1 Å². The third-order valence-corrected chi connectivity index (χ3v) is 2.32. The van der Waals surface area contributed by atoms with Gasteiger partial charge in [0.25, 0.3) is 0 Å². The Bertz CT molecular complexity index is 410. The fraction of sp³-hybridized carbons (Fsp3) is 0.556. The zero-order chi connectivity index (χ0) is 12.5. The molecule has 0 amide bonds. The molecule has 0 spiro atoms. The van der Waals surface area contributed by atoms with Gasteiger partial charge in [-0.1, -0.05) is 0 Å². The first-order valence-corrected chi connectivity index (χ1v) is 4.55. The predicted molar refractivity (Wildman–Crippen MR) is 48.9 cm³/mol. The monoisotopic (exact) mass is 236 g/mol. The number of aliphatic carboxylic acids is 1. The molecule has 0 fully saturated rings. The van der Waals surface area contributed by atoms with Crippen LogP contribution in [0.3, 0.4) is 0 Å². The summed E-state index contributed by atoms with van der Waals surface area (Å²) >= 11 is 0.